The first-order valence-electron chi connectivity index (χ1n) is 5.88. The Morgan fingerprint density at radius 1 is 1.00 bits per heavy atom. The molecule has 0 saturated heterocycles. The highest BCUT2D eigenvalue weighted by molar-refractivity contribution is 5.94. The van der Waals surface area contributed by atoms with E-state index in [1.165, 1.54) is 0 Å². The summed E-state index contributed by atoms with van der Waals surface area (Å²) in [7, 11) is 0. The molecule has 0 aliphatic carbocycles. The molecule has 2 rings (SSSR count). The number of amides is 1. The van der Waals surface area contributed by atoms with Crippen molar-refractivity contribution in [1.29, 1.82) is 0 Å². The van der Waals surface area contributed by atoms with Gasteiger partial charge in [0.25, 0.3) is 5.91 Å². The number of aromatic hydroxyl groups is 1. The minimum absolute atomic E-state index is 0.0604. The second-order valence-corrected chi connectivity index (χ2v) is 3.98. The summed E-state index contributed by atoms with van der Waals surface area (Å²) in [5.74, 6) is 0.187. The third-order valence-electron chi connectivity index (χ3n) is 2.69. The quantitative estimate of drug-likeness (QED) is 0.868. The molecular formula is C15H15NO2. The van der Waals surface area contributed by atoms with Crippen molar-refractivity contribution in [2.24, 2.45) is 0 Å². The summed E-state index contributed by atoms with van der Waals surface area (Å²) in [6, 6.07) is 14.4. The fraction of sp³-hybridized carbons (Fsp3) is 0.133. The van der Waals surface area contributed by atoms with Crippen molar-refractivity contribution in [3.63, 3.8) is 0 Å². The first-order valence-corrected chi connectivity index (χ1v) is 5.88. The standard InChI is InChI=1S/C15H15NO2/c1-2-16-15(18)13-5-3-11(4-6-13)12-7-9-14(17)10-8-12/h3-10,17H,2H2,1H3,(H,16,18). The lowest BCUT2D eigenvalue weighted by Crippen LogP contribution is -2.22. The van der Waals surface area contributed by atoms with Crippen molar-refractivity contribution in [2.45, 2.75) is 6.92 Å². The van der Waals surface area contributed by atoms with Crippen molar-refractivity contribution in [3.05, 3.63) is 54.1 Å². The van der Waals surface area contributed by atoms with E-state index in [0.29, 0.717) is 12.1 Å². The number of phenols is 1. The van der Waals surface area contributed by atoms with Gasteiger partial charge in [-0.25, -0.2) is 0 Å². The van der Waals surface area contributed by atoms with Crippen LogP contribution < -0.4 is 5.32 Å². The van der Waals surface area contributed by atoms with Gasteiger partial charge in [0.15, 0.2) is 0 Å². The van der Waals surface area contributed by atoms with Crippen LogP contribution in [0, 0.1) is 0 Å². The van der Waals surface area contributed by atoms with Gasteiger partial charge in [-0.15, -0.1) is 0 Å². The molecule has 2 N–H and O–H groups in total. The van der Waals surface area contributed by atoms with Crippen molar-refractivity contribution in [2.75, 3.05) is 6.54 Å². The van der Waals surface area contributed by atoms with Crippen LogP contribution in [0.5, 0.6) is 5.75 Å². The zero-order chi connectivity index (χ0) is 13.0. The van der Waals surface area contributed by atoms with Crippen molar-refractivity contribution in [1.82, 2.24) is 5.32 Å². The van der Waals surface area contributed by atoms with E-state index >= 15 is 0 Å². The van der Waals surface area contributed by atoms with E-state index in [-0.39, 0.29) is 11.7 Å². The maximum Gasteiger partial charge on any atom is 0.251 e. The van der Waals surface area contributed by atoms with Crippen LogP contribution in [0.25, 0.3) is 11.1 Å². The topological polar surface area (TPSA) is 49.3 Å². The Labute approximate surface area is 106 Å². The first kappa shape index (κ1) is 12.2. The van der Waals surface area contributed by atoms with Crippen LogP contribution in [0.4, 0.5) is 0 Å². The highest BCUT2D eigenvalue weighted by atomic mass is 16.3. The fourth-order valence-corrected chi connectivity index (χ4v) is 1.73. The van der Waals surface area contributed by atoms with Crippen LogP contribution in [0.2, 0.25) is 0 Å². The number of phenolic OH excluding ortho intramolecular Hbond substituents is 1. The molecular weight excluding hydrogens is 226 g/mol. The lowest BCUT2D eigenvalue weighted by atomic mass is 10.0. The molecule has 0 aliphatic rings. The molecule has 0 bridgehead atoms. The average molecular weight is 241 g/mol. The molecule has 0 atom stereocenters. The largest absolute Gasteiger partial charge is 0.508 e. The van der Waals surface area contributed by atoms with Gasteiger partial charge in [-0.1, -0.05) is 24.3 Å². The molecule has 0 saturated carbocycles. The Bertz CT molecular complexity index is 529. The molecule has 0 spiro atoms. The fourth-order valence-electron chi connectivity index (χ4n) is 1.73. The number of rotatable bonds is 3. The number of benzene rings is 2. The van der Waals surface area contributed by atoms with Gasteiger partial charge in [0.05, 0.1) is 0 Å². The van der Waals surface area contributed by atoms with Crippen LogP contribution >= 0.6 is 0 Å². The summed E-state index contributed by atoms with van der Waals surface area (Å²) in [4.78, 5) is 11.6. The molecule has 0 aromatic heterocycles. The van der Waals surface area contributed by atoms with Crippen LogP contribution in [-0.2, 0) is 0 Å². The van der Waals surface area contributed by atoms with E-state index in [4.69, 9.17) is 0 Å². The Balaban J connectivity index is 2.22. The molecule has 0 radical (unpaired) electrons. The molecule has 1 amide bonds. The number of carbonyl (C=O) groups excluding carboxylic acids is 1. The molecule has 2 aromatic carbocycles. The molecule has 18 heavy (non-hydrogen) atoms. The lowest BCUT2D eigenvalue weighted by molar-refractivity contribution is 0.0956. The number of carbonyl (C=O) groups is 1. The molecule has 0 aliphatic heterocycles. The van der Waals surface area contributed by atoms with Gasteiger partial charge < -0.3 is 10.4 Å². The van der Waals surface area contributed by atoms with Crippen LogP contribution in [0.3, 0.4) is 0 Å². The van der Waals surface area contributed by atoms with Crippen molar-refractivity contribution in [3.8, 4) is 16.9 Å². The lowest BCUT2D eigenvalue weighted by Gasteiger charge is -2.05. The maximum absolute atomic E-state index is 11.6. The third kappa shape index (κ3) is 2.69. The predicted octanol–water partition coefficient (Wildman–Crippen LogP) is 2.81. The third-order valence-corrected chi connectivity index (χ3v) is 2.69. The zero-order valence-corrected chi connectivity index (χ0v) is 10.2. The van der Waals surface area contributed by atoms with Crippen LogP contribution in [0.15, 0.2) is 48.5 Å². The summed E-state index contributed by atoms with van der Waals surface area (Å²) in [6.07, 6.45) is 0. The molecule has 2 aromatic rings. The Hall–Kier alpha value is -2.29. The first-order chi connectivity index (χ1) is 8.70. The van der Waals surface area contributed by atoms with Gasteiger partial charge in [0.1, 0.15) is 5.75 Å². The zero-order valence-electron chi connectivity index (χ0n) is 10.2. The molecule has 0 heterocycles. The van der Waals surface area contributed by atoms with Crippen LogP contribution in [-0.4, -0.2) is 17.6 Å². The van der Waals surface area contributed by atoms with Gasteiger partial charge >= 0.3 is 0 Å². The molecule has 0 fully saturated rings. The number of nitrogens with one attached hydrogen (secondary N) is 1. The Morgan fingerprint density at radius 2 is 1.50 bits per heavy atom. The smallest absolute Gasteiger partial charge is 0.251 e. The van der Waals surface area contributed by atoms with E-state index in [1.807, 2.05) is 31.2 Å². The average Bonchev–Trinajstić information content (AvgIpc) is 2.40. The second-order valence-electron chi connectivity index (χ2n) is 3.98. The summed E-state index contributed by atoms with van der Waals surface area (Å²) < 4.78 is 0. The van der Waals surface area contributed by atoms with Gasteiger partial charge in [-0.2, -0.15) is 0 Å². The van der Waals surface area contributed by atoms with Gasteiger partial charge in [0.2, 0.25) is 0 Å². The number of hydrogen-bond acceptors (Lipinski definition) is 2. The van der Waals surface area contributed by atoms with E-state index in [1.54, 1.807) is 24.3 Å². The molecule has 0 unspecified atom stereocenters. The minimum atomic E-state index is -0.0604. The summed E-state index contributed by atoms with van der Waals surface area (Å²) in [5, 5.41) is 12.0. The van der Waals surface area contributed by atoms with E-state index < -0.39 is 0 Å². The monoisotopic (exact) mass is 241 g/mol. The van der Waals surface area contributed by atoms with Crippen molar-refractivity contribution < 1.29 is 9.90 Å². The highest BCUT2D eigenvalue weighted by Gasteiger charge is 2.04. The summed E-state index contributed by atoms with van der Waals surface area (Å²) in [6.45, 7) is 2.52. The SMILES string of the molecule is CCNC(=O)c1ccc(-c2ccc(O)cc2)cc1. The highest BCUT2D eigenvalue weighted by Crippen LogP contribution is 2.22. The number of hydrogen-bond donors (Lipinski definition) is 2. The van der Waals surface area contributed by atoms with Gasteiger partial charge in [-0.3, -0.25) is 4.79 Å². The maximum atomic E-state index is 11.6. The van der Waals surface area contributed by atoms with Gasteiger partial charge in [0, 0.05) is 12.1 Å². The second kappa shape index (κ2) is 5.36. The Morgan fingerprint density at radius 3 is 2.00 bits per heavy atom. The summed E-state index contributed by atoms with van der Waals surface area (Å²) >= 11 is 0. The van der Waals surface area contributed by atoms with E-state index in [0.717, 1.165) is 11.1 Å². The van der Waals surface area contributed by atoms with E-state index in [9.17, 15) is 9.90 Å². The van der Waals surface area contributed by atoms with Gasteiger partial charge in [-0.05, 0) is 42.3 Å². The van der Waals surface area contributed by atoms with Crippen LogP contribution in [0.1, 0.15) is 17.3 Å². The predicted molar refractivity (Wildman–Crippen MR) is 71.6 cm³/mol. The normalized spacial score (nSPS) is 10.1. The van der Waals surface area contributed by atoms with E-state index in [2.05, 4.69) is 5.32 Å². The summed E-state index contributed by atoms with van der Waals surface area (Å²) in [5.41, 5.74) is 2.68. The molecule has 3 nitrogen and oxygen atoms in total. The molecule has 92 valence electrons. The minimum Gasteiger partial charge on any atom is -0.508 e. The molecule has 3 heteroatoms. The van der Waals surface area contributed by atoms with Crippen molar-refractivity contribution >= 4 is 5.91 Å². The Kier molecular flexibility index (Phi) is 3.63.